The van der Waals surface area contributed by atoms with Crippen molar-refractivity contribution in [1.82, 2.24) is 10.6 Å². The van der Waals surface area contributed by atoms with Crippen molar-refractivity contribution in [3.8, 4) is 5.75 Å². The summed E-state index contributed by atoms with van der Waals surface area (Å²) < 4.78 is 50.2. The van der Waals surface area contributed by atoms with Crippen molar-refractivity contribution in [3.05, 3.63) is 29.3 Å². The molecule has 0 saturated carbocycles. The molecule has 0 aliphatic carbocycles. The van der Waals surface area contributed by atoms with Crippen LogP contribution in [0.4, 0.5) is 13.2 Å². The van der Waals surface area contributed by atoms with E-state index in [-0.39, 0.29) is 36.5 Å². The highest BCUT2D eigenvalue weighted by Crippen LogP contribution is 2.34. The number of ether oxygens (including phenoxy) is 2. The summed E-state index contributed by atoms with van der Waals surface area (Å²) in [6.45, 7) is 4.51. The van der Waals surface area contributed by atoms with Crippen molar-refractivity contribution in [2.45, 2.75) is 38.7 Å². The van der Waals surface area contributed by atoms with Crippen LogP contribution in [0, 0.1) is 0 Å². The molecule has 1 aliphatic heterocycles. The maximum Gasteiger partial charge on any atom is 0.416 e. The van der Waals surface area contributed by atoms with Crippen LogP contribution in [-0.4, -0.2) is 37.8 Å². The third kappa shape index (κ3) is 5.10. The average molecular weight is 346 g/mol. The molecule has 1 amide bonds. The molecule has 0 aromatic heterocycles. The van der Waals surface area contributed by atoms with Gasteiger partial charge in [0.25, 0.3) is 0 Å². The summed E-state index contributed by atoms with van der Waals surface area (Å²) in [4.78, 5) is 12.0. The number of benzene rings is 1. The van der Waals surface area contributed by atoms with Crippen LogP contribution >= 0.6 is 0 Å². The fraction of sp³-hybridized carbons (Fsp3) is 0.562. The van der Waals surface area contributed by atoms with Gasteiger partial charge in [-0.1, -0.05) is 6.07 Å². The van der Waals surface area contributed by atoms with E-state index < -0.39 is 17.8 Å². The Labute approximate surface area is 138 Å². The summed E-state index contributed by atoms with van der Waals surface area (Å²) in [7, 11) is 0. The van der Waals surface area contributed by atoms with Crippen molar-refractivity contribution < 1.29 is 27.4 Å². The Morgan fingerprint density at radius 3 is 2.79 bits per heavy atom. The first-order valence-electron chi connectivity index (χ1n) is 7.73. The summed E-state index contributed by atoms with van der Waals surface area (Å²) in [5.74, 6) is -0.236. The van der Waals surface area contributed by atoms with Gasteiger partial charge in [-0.2, -0.15) is 13.2 Å². The summed E-state index contributed by atoms with van der Waals surface area (Å²) in [6.07, 6.45) is -4.75. The van der Waals surface area contributed by atoms with E-state index in [4.69, 9.17) is 9.47 Å². The number of rotatable bonds is 5. The number of halogens is 3. The molecule has 8 heteroatoms. The smallest absolute Gasteiger partial charge is 0.416 e. The second kappa shape index (κ2) is 7.85. The standard InChI is InChI=1S/C16H21F3N2O3/c1-10(2)24-12-4-3-11(13(7-12)16(17,18)19)8-21-15(22)14-9-23-6-5-20-14/h3-4,7,10,14,20H,5-6,8-9H2,1-2H3,(H,21,22)/t14-/m1/s1. The zero-order chi connectivity index (χ0) is 17.7. The second-order valence-corrected chi connectivity index (χ2v) is 5.78. The topological polar surface area (TPSA) is 59.6 Å². The Kier molecular flexibility index (Phi) is 6.06. The van der Waals surface area contributed by atoms with E-state index in [1.54, 1.807) is 13.8 Å². The Balaban J connectivity index is 2.09. The quantitative estimate of drug-likeness (QED) is 0.857. The molecule has 0 bridgehead atoms. The van der Waals surface area contributed by atoms with Gasteiger partial charge >= 0.3 is 6.18 Å². The minimum absolute atomic E-state index is 0.0105. The van der Waals surface area contributed by atoms with E-state index in [0.29, 0.717) is 13.2 Å². The molecule has 1 saturated heterocycles. The third-order valence-corrected chi connectivity index (χ3v) is 3.45. The summed E-state index contributed by atoms with van der Waals surface area (Å²) in [5.41, 5.74) is -0.822. The molecular weight excluding hydrogens is 325 g/mol. The highest BCUT2D eigenvalue weighted by Gasteiger charge is 2.34. The van der Waals surface area contributed by atoms with E-state index in [2.05, 4.69) is 10.6 Å². The van der Waals surface area contributed by atoms with Gasteiger partial charge in [0.1, 0.15) is 11.8 Å². The third-order valence-electron chi connectivity index (χ3n) is 3.45. The van der Waals surface area contributed by atoms with E-state index >= 15 is 0 Å². The lowest BCUT2D eigenvalue weighted by Gasteiger charge is -2.23. The number of carbonyl (C=O) groups is 1. The van der Waals surface area contributed by atoms with Crippen LogP contribution in [0.15, 0.2) is 18.2 Å². The van der Waals surface area contributed by atoms with Crippen molar-refractivity contribution in [3.63, 3.8) is 0 Å². The van der Waals surface area contributed by atoms with Crippen molar-refractivity contribution in [1.29, 1.82) is 0 Å². The molecule has 1 heterocycles. The van der Waals surface area contributed by atoms with Crippen molar-refractivity contribution >= 4 is 5.91 Å². The first-order valence-corrected chi connectivity index (χ1v) is 7.73. The number of amides is 1. The van der Waals surface area contributed by atoms with Crippen LogP contribution in [0.3, 0.4) is 0 Å². The van der Waals surface area contributed by atoms with Gasteiger partial charge in [0.2, 0.25) is 5.91 Å². The molecule has 24 heavy (non-hydrogen) atoms. The molecule has 0 radical (unpaired) electrons. The number of carbonyl (C=O) groups excluding carboxylic acids is 1. The fourth-order valence-corrected chi connectivity index (χ4v) is 2.36. The molecule has 1 aliphatic rings. The molecule has 1 fully saturated rings. The highest BCUT2D eigenvalue weighted by atomic mass is 19.4. The zero-order valence-corrected chi connectivity index (χ0v) is 13.6. The van der Waals surface area contributed by atoms with Crippen molar-refractivity contribution in [2.24, 2.45) is 0 Å². The predicted octanol–water partition coefficient (Wildman–Crippen LogP) is 2.10. The van der Waals surface area contributed by atoms with Gasteiger partial charge < -0.3 is 20.1 Å². The van der Waals surface area contributed by atoms with E-state index in [0.717, 1.165) is 6.07 Å². The molecule has 0 spiro atoms. The van der Waals surface area contributed by atoms with Gasteiger partial charge in [-0.3, -0.25) is 4.79 Å². The summed E-state index contributed by atoms with van der Waals surface area (Å²) >= 11 is 0. The molecule has 134 valence electrons. The van der Waals surface area contributed by atoms with E-state index in [9.17, 15) is 18.0 Å². The normalized spacial score (nSPS) is 18.5. The lowest BCUT2D eigenvalue weighted by atomic mass is 10.1. The number of alkyl halides is 3. The minimum atomic E-state index is -4.53. The van der Waals surface area contributed by atoms with Crippen LogP contribution < -0.4 is 15.4 Å². The number of morpholine rings is 1. The van der Waals surface area contributed by atoms with Crippen LogP contribution in [0.2, 0.25) is 0 Å². The lowest BCUT2D eigenvalue weighted by Crippen LogP contribution is -2.51. The molecule has 2 rings (SSSR count). The average Bonchev–Trinajstić information content (AvgIpc) is 2.52. The number of hydrogen-bond donors (Lipinski definition) is 2. The minimum Gasteiger partial charge on any atom is -0.491 e. The number of hydrogen-bond acceptors (Lipinski definition) is 4. The Morgan fingerprint density at radius 2 is 2.21 bits per heavy atom. The maximum atomic E-state index is 13.2. The van der Waals surface area contributed by atoms with E-state index in [1.165, 1.54) is 12.1 Å². The molecule has 1 atom stereocenters. The summed E-state index contributed by atoms with van der Waals surface area (Å²) in [6, 6.07) is 3.21. The van der Waals surface area contributed by atoms with Crippen LogP contribution in [0.5, 0.6) is 5.75 Å². The molecule has 1 aromatic carbocycles. The van der Waals surface area contributed by atoms with Crippen LogP contribution in [0.1, 0.15) is 25.0 Å². The van der Waals surface area contributed by atoms with Crippen LogP contribution in [-0.2, 0) is 22.3 Å². The number of nitrogens with one attached hydrogen (secondary N) is 2. The monoisotopic (exact) mass is 346 g/mol. The van der Waals surface area contributed by atoms with Crippen molar-refractivity contribution in [2.75, 3.05) is 19.8 Å². The first kappa shape index (κ1) is 18.5. The van der Waals surface area contributed by atoms with Gasteiger partial charge in [-0.15, -0.1) is 0 Å². The maximum absolute atomic E-state index is 13.2. The van der Waals surface area contributed by atoms with Gasteiger partial charge in [0.05, 0.1) is 24.9 Å². The van der Waals surface area contributed by atoms with Gasteiger partial charge in [0.15, 0.2) is 0 Å². The van der Waals surface area contributed by atoms with Gasteiger partial charge in [-0.25, -0.2) is 0 Å². The summed E-state index contributed by atoms with van der Waals surface area (Å²) in [5, 5.41) is 5.47. The molecule has 0 unspecified atom stereocenters. The molecule has 1 aromatic rings. The lowest BCUT2D eigenvalue weighted by molar-refractivity contribution is -0.138. The Morgan fingerprint density at radius 1 is 1.46 bits per heavy atom. The molecular formula is C16H21F3N2O3. The predicted molar refractivity (Wildman–Crippen MR) is 81.7 cm³/mol. The van der Waals surface area contributed by atoms with Gasteiger partial charge in [0, 0.05) is 13.1 Å². The fourth-order valence-electron chi connectivity index (χ4n) is 2.36. The van der Waals surface area contributed by atoms with E-state index in [1.807, 2.05) is 0 Å². The zero-order valence-electron chi connectivity index (χ0n) is 13.6. The van der Waals surface area contributed by atoms with Gasteiger partial charge in [-0.05, 0) is 31.5 Å². The van der Waals surface area contributed by atoms with Crippen LogP contribution in [0.25, 0.3) is 0 Å². The first-order chi connectivity index (χ1) is 11.3. The molecule has 5 nitrogen and oxygen atoms in total. The largest absolute Gasteiger partial charge is 0.491 e. The SMILES string of the molecule is CC(C)Oc1ccc(CNC(=O)[C@H]2COCCN2)c(C(F)(F)F)c1. The molecule has 2 N–H and O–H groups in total. The Hall–Kier alpha value is -1.80. The Bertz CT molecular complexity index is 570. The highest BCUT2D eigenvalue weighted by molar-refractivity contribution is 5.82. The second-order valence-electron chi connectivity index (χ2n) is 5.78.